The molecule has 126 valence electrons. The van der Waals surface area contributed by atoms with Gasteiger partial charge in [0, 0.05) is 19.8 Å². The van der Waals surface area contributed by atoms with Crippen LogP contribution in [-0.4, -0.2) is 30.8 Å². The first kappa shape index (κ1) is 16.5. The highest BCUT2D eigenvalue weighted by Crippen LogP contribution is 2.36. The molecule has 2 aliphatic heterocycles. The maximum atomic E-state index is 12.8. The molecule has 1 N–H and O–H groups in total. The first-order valence-corrected chi connectivity index (χ1v) is 8.74. The highest BCUT2D eigenvalue weighted by Gasteiger charge is 2.50. The molecule has 0 radical (unpaired) electrons. The average molecular weight is 317 g/mol. The largest absolute Gasteiger partial charge is 0.375 e. The van der Waals surface area contributed by atoms with E-state index in [0.717, 1.165) is 37.9 Å². The molecule has 0 aromatic heterocycles. The van der Waals surface area contributed by atoms with Crippen molar-refractivity contribution in [1.29, 1.82) is 0 Å². The lowest BCUT2D eigenvalue weighted by Gasteiger charge is -2.32. The van der Waals surface area contributed by atoms with Gasteiger partial charge in [-0.15, -0.1) is 0 Å². The number of hydrogen-bond acceptors (Lipinski definition) is 3. The van der Waals surface area contributed by atoms with Gasteiger partial charge in [0.1, 0.15) is 0 Å². The molecule has 4 heteroatoms. The van der Waals surface area contributed by atoms with Gasteiger partial charge in [0.05, 0.1) is 6.10 Å². The number of benzene rings is 1. The number of amides is 1. The Kier molecular flexibility index (Phi) is 5.02. The molecular formula is C19H27NO3. The van der Waals surface area contributed by atoms with Crippen molar-refractivity contribution < 1.29 is 14.3 Å². The van der Waals surface area contributed by atoms with Gasteiger partial charge in [-0.1, -0.05) is 38.1 Å². The van der Waals surface area contributed by atoms with Gasteiger partial charge in [-0.2, -0.15) is 0 Å². The van der Waals surface area contributed by atoms with E-state index < -0.39 is 5.60 Å². The monoisotopic (exact) mass is 317 g/mol. The van der Waals surface area contributed by atoms with Crippen LogP contribution in [0.3, 0.4) is 0 Å². The van der Waals surface area contributed by atoms with Crippen LogP contribution in [0.25, 0.3) is 0 Å². The van der Waals surface area contributed by atoms with E-state index in [1.165, 1.54) is 5.56 Å². The SMILES string of the molecule is CC(C)c1ccc(CNC(=O)C2(C3CCCO3)CCCO2)cc1. The molecule has 0 aliphatic carbocycles. The number of nitrogens with one attached hydrogen (secondary N) is 1. The normalized spacial score (nSPS) is 27.5. The topological polar surface area (TPSA) is 47.6 Å². The molecule has 2 atom stereocenters. The molecule has 0 bridgehead atoms. The minimum absolute atomic E-state index is 0.0187. The van der Waals surface area contributed by atoms with Crippen LogP contribution in [0.1, 0.15) is 56.6 Å². The fourth-order valence-corrected chi connectivity index (χ4v) is 3.54. The molecule has 2 heterocycles. The van der Waals surface area contributed by atoms with Crippen LogP contribution in [0.4, 0.5) is 0 Å². The molecule has 1 aromatic carbocycles. The first-order valence-electron chi connectivity index (χ1n) is 8.74. The Morgan fingerprint density at radius 3 is 2.61 bits per heavy atom. The Labute approximate surface area is 138 Å². The highest BCUT2D eigenvalue weighted by atomic mass is 16.6. The van der Waals surface area contributed by atoms with Crippen LogP contribution in [0, 0.1) is 0 Å². The number of rotatable bonds is 5. The third-order valence-corrected chi connectivity index (χ3v) is 4.99. The Bertz CT molecular complexity index is 526. The minimum atomic E-state index is -0.769. The van der Waals surface area contributed by atoms with Gasteiger partial charge in [-0.3, -0.25) is 4.79 Å². The zero-order chi connectivity index (χ0) is 16.3. The van der Waals surface area contributed by atoms with E-state index in [4.69, 9.17) is 9.47 Å². The van der Waals surface area contributed by atoms with Gasteiger partial charge in [0.15, 0.2) is 5.60 Å². The van der Waals surface area contributed by atoms with Crippen molar-refractivity contribution in [2.45, 2.75) is 63.7 Å². The number of ether oxygens (including phenoxy) is 2. The Morgan fingerprint density at radius 1 is 1.26 bits per heavy atom. The van der Waals surface area contributed by atoms with Crippen molar-refractivity contribution in [3.63, 3.8) is 0 Å². The quantitative estimate of drug-likeness (QED) is 0.907. The van der Waals surface area contributed by atoms with E-state index in [2.05, 4.69) is 43.4 Å². The van der Waals surface area contributed by atoms with Crippen molar-refractivity contribution in [3.05, 3.63) is 35.4 Å². The van der Waals surface area contributed by atoms with E-state index in [1.807, 2.05) is 0 Å². The van der Waals surface area contributed by atoms with Crippen LogP contribution in [-0.2, 0) is 20.8 Å². The number of hydrogen-bond donors (Lipinski definition) is 1. The first-order chi connectivity index (χ1) is 11.1. The summed E-state index contributed by atoms with van der Waals surface area (Å²) >= 11 is 0. The van der Waals surface area contributed by atoms with Gasteiger partial charge in [0.2, 0.25) is 0 Å². The van der Waals surface area contributed by atoms with Gasteiger partial charge in [-0.25, -0.2) is 0 Å². The minimum Gasteiger partial charge on any atom is -0.375 e. The molecule has 1 aromatic rings. The predicted octanol–water partition coefficient (Wildman–Crippen LogP) is 3.15. The molecule has 2 fully saturated rings. The lowest BCUT2D eigenvalue weighted by atomic mass is 9.90. The summed E-state index contributed by atoms with van der Waals surface area (Å²) in [5.41, 5.74) is 1.66. The summed E-state index contributed by atoms with van der Waals surface area (Å²) in [7, 11) is 0. The summed E-state index contributed by atoms with van der Waals surface area (Å²) in [5.74, 6) is 0.503. The smallest absolute Gasteiger partial charge is 0.255 e. The van der Waals surface area contributed by atoms with E-state index >= 15 is 0 Å². The van der Waals surface area contributed by atoms with Gasteiger partial charge in [-0.05, 0) is 42.7 Å². The molecular weight excluding hydrogens is 290 g/mol. The second-order valence-electron chi connectivity index (χ2n) is 6.92. The summed E-state index contributed by atoms with van der Waals surface area (Å²) in [5, 5.41) is 3.06. The van der Waals surface area contributed by atoms with Crippen LogP contribution in [0.15, 0.2) is 24.3 Å². The zero-order valence-electron chi connectivity index (χ0n) is 14.1. The predicted molar refractivity (Wildman–Crippen MR) is 89.3 cm³/mol. The van der Waals surface area contributed by atoms with Crippen molar-refractivity contribution in [2.75, 3.05) is 13.2 Å². The zero-order valence-corrected chi connectivity index (χ0v) is 14.1. The van der Waals surface area contributed by atoms with Crippen LogP contribution >= 0.6 is 0 Å². The van der Waals surface area contributed by atoms with Crippen LogP contribution in [0.2, 0.25) is 0 Å². The standard InChI is InChI=1S/C19H27NO3/c1-14(2)16-8-6-15(7-9-16)13-20-18(21)19(10-4-12-23-19)17-5-3-11-22-17/h6-9,14,17H,3-5,10-13H2,1-2H3,(H,20,21). The number of carbonyl (C=O) groups excluding carboxylic acids is 1. The summed E-state index contributed by atoms with van der Waals surface area (Å²) in [6, 6.07) is 8.44. The molecule has 2 unspecified atom stereocenters. The van der Waals surface area contributed by atoms with E-state index in [-0.39, 0.29) is 12.0 Å². The van der Waals surface area contributed by atoms with Crippen molar-refractivity contribution >= 4 is 5.91 Å². The Morgan fingerprint density at radius 2 is 2.04 bits per heavy atom. The van der Waals surface area contributed by atoms with Crippen LogP contribution < -0.4 is 5.32 Å². The van der Waals surface area contributed by atoms with Crippen molar-refractivity contribution in [3.8, 4) is 0 Å². The molecule has 0 saturated carbocycles. The molecule has 0 spiro atoms. The summed E-state index contributed by atoms with van der Waals surface area (Å²) in [6.45, 7) is 6.28. The third-order valence-electron chi connectivity index (χ3n) is 4.99. The number of carbonyl (C=O) groups is 1. The summed E-state index contributed by atoms with van der Waals surface area (Å²) < 4.78 is 11.7. The van der Waals surface area contributed by atoms with E-state index in [0.29, 0.717) is 19.1 Å². The van der Waals surface area contributed by atoms with Gasteiger partial charge < -0.3 is 14.8 Å². The molecule has 4 nitrogen and oxygen atoms in total. The summed E-state index contributed by atoms with van der Waals surface area (Å²) in [6.07, 6.45) is 3.52. The average Bonchev–Trinajstić information content (AvgIpc) is 3.24. The molecule has 23 heavy (non-hydrogen) atoms. The highest BCUT2D eigenvalue weighted by molar-refractivity contribution is 5.86. The Hall–Kier alpha value is -1.39. The molecule has 2 saturated heterocycles. The second-order valence-corrected chi connectivity index (χ2v) is 6.92. The van der Waals surface area contributed by atoms with Gasteiger partial charge in [0.25, 0.3) is 5.91 Å². The lowest BCUT2D eigenvalue weighted by Crippen LogP contribution is -2.54. The Balaban J connectivity index is 1.63. The molecule has 3 rings (SSSR count). The fourth-order valence-electron chi connectivity index (χ4n) is 3.54. The van der Waals surface area contributed by atoms with Gasteiger partial charge >= 0.3 is 0 Å². The molecule has 2 aliphatic rings. The lowest BCUT2D eigenvalue weighted by molar-refractivity contribution is -0.157. The maximum Gasteiger partial charge on any atom is 0.255 e. The fraction of sp³-hybridized carbons (Fsp3) is 0.632. The van der Waals surface area contributed by atoms with Crippen molar-refractivity contribution in [2.24, 2.45) is 0 Å². The maximum absolute atomic E-state index is 12.8. The van der Waals surface area contributed by atoms with Crippen molar-refractivity contribution in [1.82, 2.24) is 5.32 Å². The molecule has 1 amide bonds. The second kappa shape index (κ2) is 7.02. The summed E-state index contributed by atoms with van der Waals surface area (Å²) in [4.78, 5) is 12.8. The third kappa shape index (κ3) is 3.43. The van der Waals surface area contributed by atoms with E-state index in [9.17, 15) is 4.79 Å². The van der Waals surface area contributed by atoms with E-state index in [1.54, 1.807) is 0 Å². The van der Waals surface area contributed by atoms with Crippen LogP contribution in [0.5, 0.6) is 0 Å².